The molecule has 4 aromatic rings. The van der Waals surface area contributed by atoms with Crippen LogP contribution in [0.2, 0.25) is 0 Å². The van der Waals surface area contributed by atoms with Gasteiger partial charge in [0.15, 0.2) is 0 Å². The molecule has 0 aliphatic carbocycles. The highest BCUT2D eigenvalue weighted by Gasteiger charge is 2.10. The van der Waals surface area contributed by atoms with Crippen LogP contribution < -0.4 is 9.47 Å². The SMILES string of the molecule is COc1cc(Cc2c[nH]c3ncc(-c4ccsc4)cc23)cc(OC)c1. The zero-order chi connectivity index (χ0) is 17.2. The maximum Gasteiger partial charge on any atom is 0.137 e. The van der Waals surface area contributed by atoms with Gasteiger partial charge in [0.2, 0.25) is 0 Å². The van der Waals surface area contributed by atoms with Crippen molar-refractivity contribution in [1.82, 2.24) is 9.97 Å². The second-order valence-electron chi connectivity index (χ2n) is 5.84. The Labute approximate surface area is 150 Å². The average Bonchev–Trinajstić information content (AvgIpc) is 3.31. The van der Waals surface area contributed by atoms with Crippen LogP contribution in [0.1, 0.15) is 11.1 Å². The molecule has 0 bridgehead atoms. The number of thiophene rings is 1. The van der Waals surface area contributed by atoms with Gasteiger partial charge in [0, 0.05) is 29.4 Å². The Morgan fingerprint density at radius 3 is 2.52 bits per heavy atom. The minimum atomic E-state index is 0.780. The number of H-pyrrole nitrogens is 1. The molecule has 3 heterocycles. The highest BCUT2D eigenvalue weighted by molar-refractivity contribution is 7.08. The van der Waals surface area contributed by atoms with Crippen molar-refractivity contribution in [2.45, 2.75) is 6.42 Å². The minimum Gasteiger partial charge on any atom is -0.497 e. The first-order chi connectivity index (χ1) is 12.3. The van der Waals surface area contributed by atoms with E-state index in [9.17, 15) is 0 Å². The molecule has 0 radical (unpaired) electrons. The molecule has 4 rings (SSSR count). The van der Waals surface area contributed by atoms with Crippen LogP contribution in [0.15, 0.2) is 53.5 Å². The molecule has 0 fully saturated rings. The summed E-state index contributed by atoms with van der Waals surface area (Å²) >= 11 is 1.69. The van der Waals surface area contributed by atoms with Gasteiger partial charge in [-0.1, -0.05) is 0 Å². The standard InChI is InChI=1S/C20H18N2O2S/c1-23-17-6-13(7-18(9-17)24-2)5-16-11-22-20-19(16)8-15(10-21-20)14-3-4-25-12-14/h3-4,6-12H,5H2,1-2H3,(H,21,22). The fraction of sp³-hybridized carbons (Fsp3) is 0.150. The molecule has 0 spiro atoms. The van der Waals surface area contributed by atoms with Gasteiger partial charge >= 0.3 is 0 Å². The maximum absolute atomic E-state index is 5.37. The van der Waals surface area contributed by atoms with E-state index in [1.165, 1.54) is 11.1 Å². The first-order valence-corrected chi connectivity index (χ1v) is 8.91. The summed E-state index contributed by atoms with van der Waals surface area (Å²) in [6.07, 6.45) is 4.72. The third-order valence-electron chi connectivity index (χ3n) is 4.28. The molecule has 25 heavy (non-hydrogen) atoms. The van der Waals surface area contributed by atoms with Crippen molar-refractivity contribution in [3.63, 3.8) is 0 Å². The van der Waals surface area contributed by atoms with Crippen LogP contribution in [-0.2, 0) is 6.42 Å². The number of aromatic amines is 1. The number of fused-ring (bicyclic) bond motifs is 1. The predicted molar refractivity (Wildman–Crippen MR) is 102 cm³/mol. The number of nitrogens with one attached hydrogen (secondary N) is 1. The van der Waals surface area contributed by atoms with Gasteiger partial charge in [-0.05, 0) is 58.1 Å². The molecule has 1 N–H and O–H groups in total. The zero-order valence-corrected chi connectivity index (χ0v) is 14.9. The summed E-state index contributed by atoms with van der Waals surface area (Å²) < 4.78 is 10.7. The Kier molecular flexibility index (Phi) is 4.15. The highest BCUT2D eigenvalue weighted by Crippen LogP contribution is 2.29. The Morgan fingerprint density at radius 1 is 1.04 bits per heavy atom. The van der Waals surface area contributed by atoms with E-state index >= 15 is 0 Å². The Morgan fingerprint density at radius 2 is 1.84 bits per heavy atom. The summed E-state index contributed by atoms with van der Waals surface area (Å²) in [6.45, 7) is 0. The summed E-state index contributed by atoms with van der Waals surface area (Å²) in [5.41, 5.74) is 5.59. The lowest BCUT2D eigenvalue weighted by Gasteiger charge is -2.08. The minimum absolute atomic E-state index is 0.780. The van der Waals surface area contributed by atoms with Gasteiger partial charge in [-0.25, -0.2) is 4.98 Å². The highest BCUT2D eigenvalue weighted by atomic mass is 32.1. The van der Waals surface area contributed by atoms with Crippen molar-refractivity contribution in [1.29, 1.82) is 0 Å². The Hall–Kier alpha value is -2.79. The lowest BCUT2D eigenvalue weighted by Crippen LogP contribution is -1.92. The van der Waals surface area contributed by atoms with Gasteiger partial charge < -0.3 is 14.5 Å². The maximum atomic E-state index is 5.37. The van der Waals surface area contributed by atoms with Crippen molar-refractivity contribution >= 4 is 22.4 Å². The van der Waals surface area contributed by atoms with Crippen LogP contribution >= 0.6 is 11.3 Å². The van der Waals surface area contributed by atoms with E-state index in [1.807, 2.05) is 30.6 Å². The van der Waals surface area contributed by atoms with E-state index < -0.39 is 0 Å². The number of hydrogen-bond donors (Lipinski definition) is 1. The molecular weight excluding hydrogens is 332 g/mol. The van der Waals surface area contributed by atoms with E-state index in [2.05, 4.69) is 32.9 Å². The number of pyridine rings is 1. The smallest absolute Gasteiger partial charge is 0.137 e. The number of ether oxygens (including phenoxy) is 2. The van der Waals surface area contributed by atoms with Crippen molar-refractivity contribution in [2.75, 3.05) is 14.2 Å². The molecule has 1 aromatic carbocycles. The molecule has 0 saturated heterocycles. The Balaban J connectivity index is 1.73. The van der Waals surface area contributed by atoms with Gasteiger partial charge in [-0.2, -0.15) is 11.3 Å². The van der Waals surface area contributed by atoms with E-state index in [1.54, 1.807) is 25.6 Å². The molecule has 0 amide bonds. The monoisotopic (exact) mass is 350 g/mol. The van der Waals surface area contributed by atoms with Crippen LogP contribution in [0.25, 0.3) is 22.2 Å². The van der Waals surface area contributed by atoms with Gasteiger partial charge in [0.25, 0.3) is 0 Å². The normalized spacial score (nSPS) is 11.0. The van der Waals surface area contributed by atoms with Gasteiger partial charge in [-0.3, -0.25) is 0 Å². The zero-order valence-electron chi connectivity index (χ0n) is 14.1. The van der Waals surface area contributed by atoms with Crippen LogP contribution in [0.4, 0.5) is 0 Å². The fourth-order valence-electron chi connectivity index (χ4n) is 2.98. The number of rotatable bonds is 5. The van der Waals surface area contributed by atoms with E-state index in [4.69, 9.17) is 9.47 Å². The first kappa shape index (κ1) is 15.7. The third-order valence-corrected chi connectivity index (χ3v) is 4.96. The van der Waals surface area contributed by atoms with Crippen molar-refractivity contribution < 1.29 is 9.47 Å². The van der Waals surface area contributed by atoms with Crippen molar-refractivity contribution in [3.8, 4) is 22.6 Å². The van der Waals surface area contributed by atoms with Gasteiger partial charge in [0.05, 0.1) is 14.2 Å². The van der Waals surface area contributed by atoms with Crippen LogP contribution in [0.3, 0.4) is 0 Å². The van der Waals surface area contributed by atoms with Gasteiger partial charge in [0.1, 0.15) is 17.1 Å². The van der Waals surface area contributed by atoms with Crippen molar-refractivity contribution in [3.05, 3.63) is 64.6 Å². The number of aromatic nitrogens is 2. The predicted octanol–water partition coefficient (Wildman–Crippen LogP) is 4.90. The molecule has 0 saturated carbocycles. The number of methoxy groups -OCH3 is 2. The third kappa shape index (κ3) is 3.10. The van der Waals surface area contributed by atoms with Crippen LogP contribution in [-0.4, -0.2) is 24.2 Å². The van der Waals surface area contributed by atoms with Gasteiger partial charge in [-0.15, -0.1) is 0 Å². The molecular formula is C20H18N2O2S. The van der Waals surface area contributed by atoms with Crippen LogP contribution in [0.5, 0.6) is 11.5 Å². The molecule has 0 aliphatic rings. The summed E-state index contributed by atoms with van der Waals surface area (Å²) in [4.78, 5) is 7.83. The van der Waals surface area contributed by atoms with Crippen molar-refractivity contribution in [2.24, 2.45) is 0 Å². The lowest BCUT2D eigenvalue weighted by molar-refractivity contribution is 0.393. The quantitative estimate of drug-likeness (QED) is 0.557. The lowest BCUT2D eigenvalue weighted by atomic mass is 10.0. The fourth-order valence-corrected chi connectivity index (χ4v) is 3.64. The summed E-state index contributed by atoms with van der Waals surface area (Å²) in [7, 11) is 3.34. The molecule has 126 valence electrons. The van der Waals surface area contributed by atoms with E-state index in [0.717, 1.165) is 40.1 Å². The average molecular weight is 350 g/mol. The number of nitrogens with zero attached hydrogens (tertiary/aromatic N) is 1. The van der Waals surface area contributed by atoms with E-state index in [0.29, 0.717) is 0 Å². The summed E-state index contributed by atoms with van der Waals surface area (Å²) in [5, 5.41) is 5.37. The first-order valence-electron chi connectivity index (χ1n) is 7.97. The number of hydrogen-bond acceptors (Lipinski definition) is 4. The summed E-state index contributed by atoms with van der Waals surface area (Å²) in [6, 6.07) is 10.3. The van der Waals surface area contributed by atoms with E-state index in [-0.39, 0.29) is 0 Å². The molecule has 0 atom stereocenters. The van der Waals surface area contributed by atoms with Crippen LogP contribution in [0, 0.1) is 0 Å². The Bertz CT molecular complexity index is 984. The molecule has 0 aliphatic heterocycles. The largest absolute Gasteiger partial charge is 0.497 e. The summed E-state index contributed by atoms with van der Waals surface area (Å²) in [5.74, 6) is 1.59. The number of benzene rings is 1. The second-order valence-corrected chi connectivity index (χ2v) is 6.62. The second kappa shape index (κ2) is 6.61. The molecule has 0 unspecified atom stereocenters. The molecule has 3 aromatic heterocycles. The topological polar surface area (TPSA) is 47.1 Å². The molecule has 5 heteroatoms. The molecule has 4 nitrogen and oxygen atoms in total.